The van der Waals surface area contributed by atoms with E-state index < -0.39 is 11.7 Å². The van der Waals surface area contributed by atoms with Crippen LogP contribution in [0.3, 0.4) is 0 Å². The maximum Gasteiger partial charge on any atom is 0.234 e. The molecule has 0 bridgehead atoms. The summed E-state index contributed by atoms with van der Waals surface area (Å²) in [5.41, 5.74) is 1.98. The minimum Gasteiger partial charge on any atom is -0.308 e. The van der Waals surface area contributed by atoms with Gasteiger partial charge in [0.15, 0.2) is 11.5 Å². The highest BCUT2D eigenvalue weighted by molar-refractivity contribution is 6.01. The van der Waals surface area contributed by atoms with Gasteiger partial charge in [-0.25, -0.2) is 23.4 Å². The van der Waals surface area contributed by atoms with Crippen molar-refractivity contribution >= 4 is 22.8 Å². The molecule has 3 aromatic heterocycles. The van der Waals surface area contributed by atoms with E-state index in [0.29, 0.717) is 33.7 Å². The van der Waals surface area contributed by atoms with Crippen molar-refractivity contribution in [1.82, 2.24) is 29.9 Å². The van der Waals surface area contributed by atoms with E-state index in [1.54, 1.807) is 32.0 Å². The Bertz CT molecular complexity index is 1330. The molecule has 8 nitrogen and oxygen atoms in total. The molecule has 0 aliphatic carbocycles. The molecule has 0 saturated carbocycles. The molecule has 30 heavy (non-hydrogen) atoms. The molecular weight excluding hydrogens is 392 g/mol. The second kappa shape index (κ2) is 6.61. The predicted molar refractivity (Wildman–Crippen MR) is 104 cm³/mol. The normalized spacial score (nSPS) is 15.5. The average Bonchev–Trinajstić information content (AvgIpc) is 3.22. The molecule has 4 heterocycles. The van der Waals surface area contributed by atoms with Gasteiger partial charge < -0.3 is 5.32 Å². The molecular formula is C20H15F2N7O. The topological polar surface area (TPSA) is 98.5 Å². The van der Waals surface area contributed by atoms with Crippen LogP contribution in [0.4, 0.5) is 14.6 Å². The van der Waals surface area contributed by atoms with Gasteiger partial charge in [-0.05, 0) is 25.5 Å². The van der Waals surface area contributed by atoms with E-state index in [1.807, 2.05) is 0 Å². The number of pyridine rings is 1. The van der Waals surface area contributed by atoms with Crippen LogP contribution in [-0.4, -0.2) is 35.9 Å². The van der Waals surface area contributed by atoms with Crippen molar-refractivity contribution in [3.8, 4) is 11.5 Å². The molecule has 1 unspecified atom stereocenters. The first-order valence-corrected chi connectivity index (χ1v) is 9.24. The molecule has 0 saturated heterocycles. The van der Waals surface area contributed by atoms with Crippen molar-refractivity contribution < 1.29 is 13.6 Å². The molecule has 0 radical (unpaired) electrons. The zero-order valence-corrected chi connectivity index (χ0v) is 16.0. The second-order valence-corrected chi connectivity index (χ2v) is 7.16. The molecule has 1 aromatic carbocycles. The number of fused-ring (bicyclic) bond motifs is 2. The van der Waals surface area contributed by atoms with Gasteiger partial charge in [-0.15, -0.1) is 10.2 Å². The van der Waals surface area contributed by atoms with Crippen LogP contribution in [0.1, 0.15) is 29.7 Å². The first-order valence-electron chi connectivity index (χ1n) is 9.24. The number of carbonyl (C=O) groups excluding carboxylic acids is 1. The van der Waals surface area contributed by atoms with Crippen LogP contribution in [0.15, 0.2) is 30.5 Å². The Hall–Kier alpha value is -3.82. The van der Waals surface area contributed by atoms with Gasteiger partial charge in [-0.1, -0.05) is 18.2 Å². The number of rotatable bonds is 3. The Morgan fingerprint density at radius 2 is 2.07 bits per heavy atom. The lowest BCUT2D eigenvalue weighted by molar-refractivity contribution is -0.116. The van der Waals surface area contributed by atoms with Crippen LogP contribution >= 0.6 is 0 Å². The van der Waals surface area contributed by atoms with Crippen molar-refractivity contribution in [2.45, 2.75) is 26.3 Å². The number of benzene rings is 1. The van der Waals surface area contributed by atoms with E-state index in [-0.39, 0.29) is 29.8 Å². The Morgan fingerprint density at radius 3 is 2.90 bits per heavy atom. The van der Waals surface area contributed by atoms with Crippen LogP contribution in [0.2, 0.25) is 0 Å². The van der Waals surface area contributed by atoms with Crippen LogP contribution in [0.5, 0.6) is 0 Å². The van der Waals surface area contributed by atoms with Crippen LogP contribution in [0, 0.1) is 18.6 Å². The molecule has 1 amide bonds. The molecule has 10 heteroatoms. The minimum atomic E-state index is -0.555. The smallest absolute Gasteiger partial charge is 0.234 e. The van der Waals surface area contributed by atoms with Gasteiger partial charge in [0.25, 0.3) is 0 Å². The van der Waals surface area contributed by atoms with E-state index in [4.69, 9.17) is 0 Å². The third-order valence-corrected chi connectivity index (χ3v) is 5.12. The summed E-state index contributed by atoms with van der Waals surface area (Å²) in [4.78, 5) is 20.3. The van der Waals surface area contributed by atoms with Crippen molar-refractivity contribution in [1.29, 1.82) is 0 Å². The van der Waals surface area contributed by atoms with E-state index in [0.717, 1.165) is 6.20 Å². The van der Waals surface area contributed by atoms with E-state index in [2.05, 4.69) is 30.6 Å². The lowest BCUT2D eigenvalue weighted by Crippen LogP contribution is -2.08. The lowest BCUT2D eigenvalue weighted by atomic mass is 10.1. The summed E-state index contributed by atoms with van der Waals surface area (Å²) >= 11 is 0. The lowest BCUT2D eigenvalue weighted by Gasteiger charge is -2.06. The summed E-state index contributed by atoms with van der Waals surface area (Å²) in [5, 5.41) is 15.7. The predicted octanol–water partition coefficient (Wildman–Crippen LogP) is 2.97. The maximum absolute atomic E-state index is 14.5. The van der Waals surface area contributed by atoms with E-state index in [9.17, 15) is 13.6 Å². The van der Waals surface area contributed by atoms with Gasteiger partial charge in [-0.3, -0.25) is 4.79 Å². The maximum atomic E-state index is 14.5. The number of carbonyl (C=O) groups is 1. The summed E-state index contributed by atoms with van der Waals surface area (Å²) in [5.74, 6) is -1.15. The molecule has 0 spiro atoms. The Labute approximate surface area is 169 Å². The Morgan fingerprint density at radius 1 is 1.23 bits per heavy atom. The highest BCUT2D eigenvalue weighted by Crippen LogP contribution is 2.31. The van der Waals surface area contributed by atoms with Gasteiger partial charge in [0.2, 0.25) is 11.7 Å². The number of hydrogen-bond donors (Lipinski definition) is 1. The highest BCUT2D eigenvalue weighted by atomic mass is 19.1. The Kier molecular flexibility index (Phi) is 4.02. The first kappa shape index (κ1) is 18.2. The zero-order valence-electron chi connectivity index (χ0n) is 16.0. The SMILES string of the molecule is Cc1cccc(Cn2nc(-c3nnc4c(n3)NC(=O)C4C)c3cc(F)cnc32)c1F. The summed E-state index contributed by atoms with van der Waals surface area (Å²) in [6.45, 7) is 3.48. The molecule has 0 fully saturated rings. The molecule has 1 N–H and O–H groups in total. The third kappa shape index (κ3) is 2.79. The fourth-order valence-electron chi connectivity index (χ4n) is 3.47. The number of aryl methyl sites for hydroxylation is 1. The number of aromatic nitrogens is 6. The number of hydrogen-bond acceptors (Lipinski definition) is 6. The van der Waals surface area contributed by atoms with Gasteiger partial charge >= 0.3 is 0 Å². The fourth-order valence-corrected chi connectivity index (χ4v) is 3.47. The molecule has 1 atom stereocenters. The number of amides is 1. The second-order valence-electron chi connectivity index (χ2n) is 7.16. The van der Waals surface area contributed by atoms with Gasteiger partial charge in [-0.2, -0.15) is 5.10 Å². The Balaban J connectivity index is 1.65. The first-order chi connectivity index (χ1) is 14.4. The number of nitrogens with zero attached hydrogens (tertiary/aromatic N) is 6. The summed E-state index contributed by atoms with van der Waals surface area (Å²) < 4.78 is 29.9. The third-order valence-electron chi connectivity index (χ3n) is 5.12. The van der Waals surface area contributed by atoms with Crippen LogP contribution in [-0.2, 0) is 11.3 Å². The van der Waals surface area contributed by atoms with Crippen molar-refractivity contribution in [2.75, 3.05) is 5.32 Å². The molecule has 150 valence electrons. The monoisotopic (exact) mass is 407 g/mol. The standard InChI is InChI=1S/C20H15F2N7O/c1-9-4-3-5-11(14(9)22)8-29-19-13(6-12(21)7-23-19)16(28-29)18-24-17-15(26-27-18)10(2)20(30)25-17/h3-7,10H,8H2,1-2H3,(H,24,25,27,30). The van der Waals surface area contributed by atoms with Crippen molar-refractivity contribution in [2.24, 2.45) is 0 Å². The largest absolute Gasteiger partial charge is 0.308 e. The fraction of sp³-hybridized carbons (Fsp3) is 0.200. The number of halogens is 2. The number of nitrogens with one attached hydrogen (secondary N) is 1. The molecule has 5 rings (SSSR count). The van der Waals surface area contributed by atoms with Crippen molar-refractivity contribution in [3.05, 3.63) is 58.9 Å². The molecule has 1 aliphatic rings. The highest BCUT2D eigenvalue weighted by Gasteiger charge is 2.31. The van der Waals surface area contributed by atoms with Crippen LogP contribution in [0.25, 0.3) is 22.6 Å². The van der Waals surface area contributed by atoms with Gasteiger partial charge in [0.05, 0.1) is 24.0 Å². The average molecular weight is 407 g/mol. The zero-order chi connectivity index (χ0) is 21.0. The molecule has 4 aromatic rings. The number of anilines is 1. The van der Waals surface area contributed by atoms with Gasteiger partial charge in [0, 0.05) is 5.56 Å². The summed E-state index contributed by atoms with van der Waals surface area (Å²) in [6, 6.07) is 6.36. The summed E-state index contributed by atoms with van der Waals surface area (Å²) in [6.07, 6.45) is 1.07. The van der Waals surface area contributed by atoms with Crippen LogP contribution < -0.4 is 5.32 Å². The van der Waals surface area contributed by atoms with E-state index in [1.165, 1.54) is 10.7 Å². The van der Waals surface area contributed by atoms with Crippen molar-refractivity contribution in [3.63, 3.8) is 0 Å². The van der Waals surface area contributed by atoms with Gasteiger partial charge in [0.1, 0.15) is 23.0 Å². The summed E-state index contributed by atoms with van der Waals surface area (Å²) in [7, 11) is 0. The van der Waals surface area contributed by atoms with E-state index >= 15 is 0 Å². The minimum absolute atomic E-state index is 0.0920. The molecule has 1 aliphatic heterocycles. The quantitative estimate of drug-likeness (QED) is 0.561.